The quantitative estimate of drug-likeness (QED) is 0.636. The number of hydrogen-bond acceptors (Lipinski definition) is 3. The van der Waals surface area contributed by atoms with Gasteiger partial charge in [-0.3, -0.25) is 9.59 Å². The molecule has 3 rings (SSSR count). The number of carbonyl (C=O) groups excluding carboxylic acids is 2. The lowest BCUT2D eigenvalue weighted by Crippen LogP contribution is -2.46. The van der Waals surface area contributed by atoms with Gasteiger partial charge in [0, 0.05) is 12.1 Å². The van der Waals surface area contributed by atoms with Crippen LogP contribution in [0.3, 0.4) is 0 Å². The van der Waals surface area contributed by atoms with Gasteiger partial charge in [0.25, 0.3) is 0 Å². The highest BCUT2D eigenvalue weighted by Gasteiger charge is 2.68. The van der Waals surface area contributed by atoms with Crippen molar-refractivity contribution in [1.82, 2.24) is 0 Å². The minimum atomic E-state index is -4.73. The summed E-state index contributed by atoms with van der Waals surface area (Å²) >= 11 is 0. The van der Waals surface area contributed by atoms with Crippen LogP contribution in [0.1, 0.15) is 38.7 Å². The first-order valence-electron chi connectivity index (χ1n) is 7.75. The first-order valence-corrected chi connectivity index (χ1v) is 7.75. The summed E-state index contributed by atoms with van der Waals surface area (Å²) in [4.78, 5) is 25.2. The van der Waals surface area contributed by atoms with Crippen LogP contribution in [0.5, 0.6) is 5.75 Å². The molecule has 2 saturated carbocycles. The first-order chi connectivity index (χ1) is 11.0. The highest BCUT2D eigenvalue weighted by molar-refractivity contribution is 6.14. The SMILES string of the molecule is CC1(C)C2CCC1(C(=O)Nc1ccc(O)c(C(F)(F)F)c1)C(=O)C2. The van der Waals surface area contributed by atoms with Crippen LogP contribution >= 0.6 is 0 Å². The monoisotopic (exact) mass is 341 g/mol. The average Bonchev–Trinajstić information content (AvgIpc) is 2.83. The highest BCUT2D eigenvalue weighted by atomic mass is 19.4. The molecule has 2 unspecified atom stereocenters. The van der Waals surface area contributed by atoms with Gasteiger partial charge in [-0.2, -0.15) is 13.2 Å². The number of phenolic OH excluding ortho intramolecular Hbond substituents is 1. The topological polar surface area (TPSA) is 66.4 Å². The number of amides is 1. The second-order valence-corrected chi connectivity index (χ2v) is 7.17. The van der Waals surface area contributed by atoms with Gasteiger partial charge in [0.15, 0.2) is 0 Å². The van der Waals surface area contributed by atoms with Crippen LogP contribution in [0, 0.1) is 16.7 Å². The third-order valence-corrected chi connectivity index (χ3v) is 5.84. The summed E-state index contributed by atoms with van der Waals surface area (Å²) in [6, 6.07) is 2.76. The average molecular weight is 341 g/mol. The second kappa shape index (κ2) is 4.97. The predicted molar refractivity (Wildman–Crippen MR) is 80.3 cm³/mol. The molecular formula is C17H18F3NO3. The van der Waals surface area contributed by atoms with E-state index in [4.69, 9.17) is 0 Å². The number of aromatic hydroxyl groups is 1. The number of Topliss-reactive ketones (excluding diaryl/α,β-unsaturated/α-hetero) is 1. The third-order valence-electron chi connectivity index (χ3n) is 5.84. The minimum Gasteiger partial charge on any atom is -0.507 e. The van der Waals surface area contributed by atoms with E-state index in [1.807, 2.05) is 13.8 Å². The molecule has 1 aromatic rings. The van der Waals surface area contributed by atoms with Gasteiger partial charge in [0.05, 0.1) is 5.56 Å². The zero-order valence-corrected chi connectivity index (χ0v) is 13.3. The number of fused-ring (bicyclic) bond motifs is 2. The highest BCUT2D eigenvalue weighted by Crippen LogP contribution is 2.64. The van der Waals surface area contributed by atoms with Crippen molar-refractivity contribution in [2.24, 2.45) is 16.7 Å². The summed E-state index contributed by atoms with van der Waals surface area (Å²) in [7, 11) is 0. The molecule has 1 aromatic carbocycles. The zero-order chi connectivity index (χ0) is 17.9. The molecule has 2 atom stereocenters. The Balaban J connectivity index is 1.92. The van der Waals surface area contributed by atoms with Crippen LogP contribution in [0.25, 0.3) is 0 Å². The number of halogens is 3. The fourth-order valence-corrected chi connectivity index (χ4v) is 4.29. The van der Waals surface area contributed by atoms with E-state index in [1.165, 1.54) is 6.07 Å². The van der Waals surface area contributed by atoms with Gasteiger partial charge in [-0.05, 0) is 42.4 Å². The Morgan fingerprint density at radius 1 is 1.33 bits per heavy atom. The number of rotatable bonds is 2. The fourth-order valence-electron chi connectivity index (χ4n) is 4.29. The van der Waals surface area contributed by atoms with Gasteiger partial charge in [-0.25, -0.2) is 0 Å². The van der Waals surface area contributed by atoms with E-state index in [0.29, 0.717) is 18.9 Å². The molecule has 0 radical (unpaired) electrons. The van der Waals surface area contributed by atoms with Crippen molar-refractivity contribution in [1.29, 1.82) is 0 Å². The molecule has 0 spiro atoms. The number of anilines is 1. The molecule has 0 aliphatic heterocycles. The van der Waals surface area contributed by atoms with Crippen molar-refractivity contribution < 1.29 is 27.9 Å². The Hall–Kier alpha value is -2.05. The number of ketones is 1. The van der Waals surface area contributed by atoms with E-state index in [9.17, 15) is 27.9 Å². The molecule has 0 aromatic heterocycles. The molecule has 0 heterocycles. The van der Waals surface area contributed by atoms with E-state index in [-0.39, 0.29) is 17.4 Å². The maximum Gasteiger partial charge on any atom is 0.420 e. The summed E-state index contributed by atoms with van der Waals surface area (Å²) in [5.74, 6) is -1.48. The van der Waals surface area contributed by atoms with Crippen molar-refractivity contribution in [2.45, 2.75) is 39.3 Å². The minimum absolute atomic E-state index is 0.0848. The van der Waals surface area contributed by atoms with Crippen LogP contribution < -0.4 is 5.32 Å². The smallest absolute Gasteiger partial charge is 0.420 e. The summed E-state index contributed by atoms with van der Waals surface area (Å²) in [5.41, 5.74) is -3.01. The molecule has 0 saturated heterocycles. The molecule has 2 N–H and O–H groups in total. The van der Waals surface area contributed by atoms with Crippen LogP contribution in [0.15, 0.2) is 18.2 Å². The molecule has 2 aliphatic carbocycles. The molecule has 130 valence electrons. The van der Waals surface area contributed by atoms with Crippen LogP contribution in [-0.4, -0.2) is 16.8 Å². The molecule has 2 bridgehead atoms. The molecule has 24 heavy (non-hydrogen) atoms. The number of alkyl halides is 3. The van der Waals surface area contributed by atoms with Gasteiger partial charge in [0.1, 0.15) is 16.9 Å². The molecule has 4 nitrogen and oxygen atoms in total. The molecule has 2 fully saturated rings. The van der Waals surface area contributed by atoms with E-state index < -0.39 is 34.2 Å². The lowest BCUT2D eigenvalue weighted by Gasteiger charge is -2.34. The number of carbonyl (C=O) groups is 2. The molecule has 2 aliphatic rings. The second-order valence-electron chi connectivity index (χ2n) is 7.17. The molecule has 1 amide bonds. The van der Waals surface area contributed by atoms with Gasteiger partial charge in [0.2, 0.25) is 5.91 Å². The summed E-state index contributed by atoms with van der Waals surface area (Å²) < 4.78 is 38.6. The Kier molecular flexibility index (Phi) is 3.48. The fraction of sp³-hybridized carbons (Fsp3) is 0.529. The van der Waals surface area contributed by atoms with Crippen molar-refractivity contribution in [2.75, 3.05) is 5.32 Å². The lowest BCUT2D eigenvalue weighted by molar-refractivity contribution is -0.142. The standard InChI is InChI=1S/C17H18F3NO3/c1-15(2)9-5-6-16(15,13(23)7-9)14(24)21-10-3-4-12(22)11(8-10)17(18,19)20/h3-4,8-9,22H,5-7H2,1-2H3,(H,21,24). The zero-order valence-electron chi connectivity index (χ0n) is 13.3. The van der Waals surface area contributed by atoms with Crippen molar-refractivity contribution in [3.8, 4) is 5.75 Å². The van der Waals surface area contributed by atoms with Crippen molar-refractivity contribution >= 4 is 17.4 Å². The molecular weight excluding hydrogens is 323 g/mol. The first kappa shape index (κ1) is 16.8. The predicted octanol–water partition coefficient (Wildman–Crippen LogP) is 3.74. The normalized spacial score (nSPS) is 28.2. The van der Waals surface area contributed by atoms with Crippen molar-refractivity contribution in [3.63, 3.8) is 0 Å². The van der Waals surface area contributed by atoms with E-state index in [2.05, 4.69) is 5.32 Å². The van der Waals surface area contributed by atoms with Gasteiger partial charge < -0.3 is 10.4 Å². The van der Waals surface area contributed by atoms with Gasteiger partial charge in [-0.15, -0.1) is 0 Å². The van der Waals surface area contributed by atoms with Crippen LogP contribution in [-0.2, 0) is 15.8 Å². The third kappa shape index (κ3) is 2.13. The van der Waals surface area contributed by atoms with E-state index in [0.717, 1.165) is 12.5 Å². The maximum atomic E-state index is 12.9. The number of phenols is 1. The number of benzene rings is 1. The Bertz CT molecular complexity index is 726. The van der Waals surface area contributed by atoms with E-state index >= 15 is 0 Å². The maximum absolute atomic E-state index is 12.9. The molecule has 7 heteroatoms. The summed E-state index contributed by atoms with van der Waals surface area (Å²) in [6.45, 7) is 3.74. The largest absolute Gasteiger partial charge is 0.507 e. The van der Waals surface area contributed by atoms with Gasteiger partial charge in [-0.1, -0.05) is 13.8 Å². The lowest BCUT2D eigenvalue weighted by atomic mass is 9.68. The Morgan fingerprint density at radius 3 is 2.50 bits per heavy atom. The van der Waals surface area contributed by atoms with Gasteiger partial charge >= 0.3 is 6.18 Å². The summed E-state index contributed by atoms with van der Waals surface area (Å²) in [5, 5.41) is 11.8. The van der Waals surface area contributed by atoms with Crippen LogP contribution in [0.4, 0.5) is 18.9 Å². The van der Waals surface area contributed by atoms with Crippen molar-refractivity contribution in [3.05, 3.63) is 23.8 Å². The number of hydrogen-bond donors (Lipinski definition) is 2. The number of nitrogens with one attached hydrogen (secondary N) is 1. The Labute approximate surface area is 137 Å². The van der Waals surface area contributed by atoms with Crippen LogP contribution in [0.2, 0.25) is 0 Å². The summed E-state index contributed by atoms with van der Waals surface area (Å²) in [6.07, 6.45) is -3.22. The van der Waals surface area contributed by atoms with E-state index in [1.54, 1.807) is 0 Å². The Morgan fingerprint density at radius 2 is 2.00 bits per heavy atom.